The third kappa shape index (κ3) is 5.84. The zero-order valence-electron chi connectivity index (χ0n) is 15.7. The fraction of sp³-hybridized carbons (Fsp3) is 0.0870. The number of carbonyl (C=O) groups excluding carboxylic acids is 2. The number of Topliss-reactive ketones (excluding diaryl/α,β-unsaturated/α-hetero) is 1. The standard InChI is InChI=1S/C23H18FNO4/c1-16(26)19-5-2-4-18(12-19)15-28-23(27)10-8-17-7-9-22(21(24)13-17)29-20-6-3-11-25-14-20/h2-14H,15H2,1H3/b10-8+. The highest BCUT2D eigenvalue weighted by Gasteiger charge is 2.06. The van der Waals surface area contributed by atoms with E-state index in [0.717, 1.165) is 0 Å². The summed E-state index contributed by atoms with van der Waals surface area (Å²) in [6, 6.07) is 14.6. The van der Waals surface area contributed by atoms with Gasteiger partial charge in [-0.25, -0.2) is 9.18 Å². The molecular weight excluding hydrogens is 373 g/mol. The highest BCUT2D eigenvalue weighted by atomic mass is 19.1. The molecule has 0 atom stereocenters. The zero-order valence-corrected chi connectivity index (χ0v) is 15.7. The van der Waals surface area contributed by atoms with Crippen LogP contribution in [0.4, 0.5) is 4.39 Å². The molecular formula is C23H18FNO4. The van der Waals surface area contributed by atoms with Crippen LogP contribution in [-0.2, 0) is 16.1 Å². The van der Waals surface area contributed by atoms with Gasteiger partial charge in [0.1, 0.15) is 12.4 Å². The van der Waals surface area contributed by atoms with E-state index in [0.29, 0.717) is 22.4 Å². The van der Waals surface area contributed by atoms with E-state index >= 15 is 0 Å². The molecule has 3 aromatic rings. The van der Waals surface area contributed by atoms with Crippen molar-refractivity contribution in [1.29, 1.82) is 0 Å². The number of rotatable bonds is 7. The van der Waals surface area contributed by atoms with Gasteiger partial charge in [-0.05, 0) is 54.5 Å². The van der Waals surface area contributed by atoms with E-state index in [9.17, 15) is 14.0 Å². The lowest BCUT2D eigenvalue weighted by molar-refractivity contribution is -0.138. The van der Waals surface area contributed by atoms with Crippen molar-refractivity contribution in [2.45, 2.75) is 13.5 Å². The van der Waals surface area contributed by atoms with Crippen LogP contribution < -0.4 is 4.74 Å². The summed E-state index contributed by atoms with van der Waals surface area (Å²) in [6.45, 7) is 1.51. The molecule has 0 bridgehead atoms. The Labute approximate surface area is 167 Å². The zero-order chi connectivity index (χ0) is 20.6. The number of benzene rings is 2. The maximum Gasteiger partial charge on any atom is 0.331 e. The summed E-state index contributed by atoms with van der Waals surface area (Å²) in [5.74, 6) is -0.717. The lowest BCUT2D eigenvalue weighted by Gasteiger charge is -2.06. The maximum absolute atomic E-state index is 14.2. The van der Waals surface area contributed by atoms with E-state index in [1.807, 2.05) is 0 Å². The Hall–Kier alpha value is -3.80. The number of aromatic nitrogens is 1. The Balaban J connectivity index is 1.58. The van der Waals surface area contributed by atoms with Crippen molar-refractivity contribution in [3.63, 3.8) is 0 Å². The van der Waals surface area contributed by atoms with E-state index in [-0.39, 0.29) is 18.1 Å². The molecule has 5 nitrogen and oxygen atoms in total. The molecule has 6 heteroatoms. The number of halogens is 1. The first-order chi connectivity index (χ1) is 14.0. The molecule has 0 aliphatic heterocycles. The summed E-state index contributed by atoms with van der Waals surface area (Å²) in [5, 5.41) is 0. The fourth-order valence-corrected chi connectivity index (χ4v) is 2.48. The van der Waals surface area contributed by atoms with E-state index in [2.05, 4.69) is 4.98 Å². The first-order valence-corrected chi connectivity index (χ1v) is 8.83. The van der Waals surface area contributed by atoms with Crippen LogP contribution in [0.25, 0.3) is 6.08 Å². The maximum atomic E-state index is 14.2. The summed E-state index contributed by atoms with van der Waals surface area (Å²) in [7, 11) is 0. The predicted molar refractivity (Wildman–Crippen MR) is 106 cm³/mol. The molecule has 0 saturated heterocycles. The molecule has 0 radical (unpaired) electrons. The fourth-order valence-electron chi connectivity index (χ4n) is 2.48. The van der Waals surface area contributed by atoms with Gasteiger partial charge in [0.15, 0.2) is 17.3 Å². The third-order valence-corrected chi connectivity index (χ3v) is 3.94. The average Bonchev–Trinajstić information content (AvgIpc) is 2.73. The largest absolute Gasteiger partial charge is 0.458 e. The number of ether oxygens (including phenoxy) is 2. The monoisotopic (exact) mass is 391 g/mol. The lowest BCUT2D eigenvalue weighted by atomic mass is 10.1. The number of nitrogens with zero attached hydrogens (tertiary/aromatic N) is 1. The minimum absolute atomic E-state index is 0.0382. The van der Waals surface area contributed by atoms with Crippen molar-refractivity contribution < 1.29 is 23.5 Å². The van der Waals surface area contributed by atoms with Gasteiger partial charge in [-0.15, -0.1) is 0 Å². The number of ketones is 1. The molecule has 2 aromatic carbocycles. The number of hydrogen-bond donors (Lipinski definition) is 0. The van der Waals surface area contributed by atoms with Gasteiger partial charge >= 0.3 is 5.97 Å². The van der Waals surface area contributed by atoms with Crippen LogP contribution in [-0.4, -0.2) is 16.7 Å². The number of esters is 1. The van der Waals surface area contributed by atoms with Crippen molar-refractivity contribution in [1.82, 2.24) is 4.98 Å². The number of pyridine rings is 1. The smallest absolute Gasteiger partial charge is 0.331 e. The molecule has 1 aromatic heterocycles. The molecule has 0 saturated carbocycles. The molecule has 0 spiro atoms. The van der Waals surface area contributed by atoms with E-state index in [1.165, 1.54) is 37.4 Å². The molecule has 0 amide bonds. The van der Waals surface area contributed by atoms with Crippen molar-refractivity contribution >= 4 is 17.8 Å². The molecule has 0 aliphatic rings. The van der Waals surface area contributed by atoms with Crippen LogP contribution in [0.2, 0.25) is 0 Å². The van der Waals surface area contributed by atoms with Gasteiger partial charge in [0.25, 0.3) is 0 Å². The Morgan fingerprint density at radius 3 is 2.69 bits per heavy atom. The Bertz CT molecular complexity index is 1050. The lowest BCUT2D eigenvalue weighted by Crippen LogP contribution is -2.02. The van der Waals surface area contributed by atoms with E-state index in [4.69, 9.17) is 9.47 Å². The quantitative estimate of drug-likeness (QED) is 0.323. The first kappa shape index (κ1) is 19.9. The highest BCUT2D eigenvalue weighted by Crippen LogP contribution is 2.24. The topological polar surface area (TPSA) is 65.5 Å². The summed E-state index contributed by atoms with van der Waals surface area (Å²) < 4.78 is 24.8. The van der Waals surface area contributed by atoms with Crippen LogP contribution in [0.3, 0.4) is 0 Å². The molecule has 146 valence electrons. The van der Waals surface area contributed by atoms with Crippen molar-refractivity contribution in [3.8, 4) is 11.5 Å². The van der Waals surface area contributed by atoms with Gasteiger partial charge in [0.2, 0.25) is 0 Å². The van der Waals surface area contributed by atoms with Crippen molar-refractivity contribution in [2.75, 3.05) is 0 Å². The normalized spacial score (nSPS) is 10.7. The minimum Gasteiger partial charge on any atom is -0.458 e. The molecule has 0 fully saturated rings. The second-order valence-electron chi connectivity index (χ2n) is 6.18. The summed E-state index contributed by atoms with van der Waals surface area (Å²) in [6.07, 6.45) is 5.74. The van der Waals surface area contributed by atoms with E-state index in [1.54, 1.807) is 48.7 Å². The van der Waals surface area contributed by atoms with Crippen molar-refractivity contribution in [3.05, 3.63) is 95.6 Å². The number of hydrogen-bond acceptors (Lipinski definition) is 5. The average molecular weight is 391 g/mol. The van der Waals surface area contributed by atoms with Crippen LogP contribution in [0.5, 0.6) is 11.5 Å². The van der Waals surface area contributed by atoms with E-state index < -0.39 is 11.8 Å². The molecule has 29 heavy (non-hydrogen) atoms. The second kappa shape index (κ2) is 9.41. The van der Waals surface area contributed by atoms with Gasteiger partial charge < -0.3 is 9.47 Å². The second-order valence-corrected chi connectivity index (χ2v) is 6.18. The van der Waals surface area contributed by atoms with Crippen LogP contribution in [0, 0.1) is 5.82 Å². The molecule has 3 rings (SSSR count). The molecule has 0 unspecified atom stereocenters. The van der Waals surface area contributed by atoms with Gasteiger partial charge in [0.05, 0.1) is 6.20 Å². The van der Waals surface area contributed by atoms with Gasteiger partial charge in [-0.1, -0.05) is 24.3 Å². The number of carbonyl (C=O) groups is 2. The highest BCUT2D eigenvalue weighted by molar-refractivity contribution is 5.94. The summed E-state index contributed by atoms with van der Waals surface area (Å²) in [5.41, 5.74) is 1.75. The van der Waals surface area contributed by atoms with Crippen LogP contribution in [0.15, 0.2) is 73.1 Å². The predicted octanol–water partition coefficient (Wildman–Crippen LogP) is 4.97. The third-order valence-electron chi connectivity index (χ3n) is 3.94. The van der Waals surface area contributed by atoms with Gasteiger partial charge in [0, 0.05) is 17.8 Å². The Morgan fingerprint density at radius 2 is 1.97 bits per heavy atom. The minimum atomic E-state index is -0.575. The van der Waals surface area contributed by atoms with Crippen LogP contribution in [0.1, 0.15) is 28.4 Å². The summed E-state index contributed by atoms with van der Waals surface area (Å²) in [4.78, 5) is 27.2. The molecule has 0 N–H and O–H groups in total. The first-order valence-electron chi connectivity index (χ1n) is 8.83. The Morgan fingerprint density at radius 1 is 1.10 bits per heavy atom. The molecule has 1 heterocycles. The van der Waals surface area contributed by atoms with Crippen molar-refractivity contribution in [2.24, 2.45) is 0 Å². The summed E-state index contributed by atoms with van der Waals surface area (Å²) >= 11 is 0. The Kier molecular flexibility index (Phi) is 6.47. The molecule has 0 aliphatic carbocycles. The van der Waals surface area contributed by atoms with Gasteiger partial charge in [-0.2, -0.15) is 0 Å². The van der Waals surface area contributed by atoms with Gasteiger partial charge in [-0.3, -0.25) is 9.78 Å². The van der Waals surface area contributed by atoms with Crippen LogP contribution >= 0.6 is 0 Å². The SMILES string of the molecule is CC(=O)c1cccc(COC(=O)/C=C/c2ccc(Oc3cccnc3)c(F)c2)c1.